The molecule has 1 saturated heterocycles. The molecule has 1 heterocycles. The van der Waals surface area contributed by atoms with Crippen LogP contribution in [-0.2, 0) is 6.54 Å². The van der Waals surface area contributed by atoms with Crippen LogP contribution in [0.4, 0.5) is 0 Å². The highest BCUT2D eigenvalue weighted by molar-refractivity contribution is 5.42. The van der Waals surface area contributed by atoms with Gasteiger partial charge in [-0.2, -0.15) is 5.26 Å². The Hall–Kier alpha value is -1.57. The number of ether oxygens (including phenoxy) is 1. The number of rotatable bonds is 4. The molecule has 108 valence electrons. The van der Waals surface area contributed by atoms with Crippen molar-refractivity contribution < 1.29 is 9.84 Å². The van der Waals surface area contributed by atoms with E-state index in [0.717, 1.165) is 37.2 Å². The SMILES string of the molecule is COc1ccc(C#N)cc1CN1CCCCCC1CO. The molecule has 0 spiro atoms. The number of nitrogens with zero attached hydrogens (tertiary/aromatic N) is 2. The highest BCUT2D eigenvalue weighted by Crippen LogP contribution is 2.25. The van der Waals surface area contributed by atoms with Crippen LogP contribution >= 0.6 is 0 Å². The van der Waals surface area contributed by atoms with E-state index in [4.69, 9.17) is 10.00 Å². The first-order valence-corrected chi connectivity index (χ1v) is 7.20. The Balaban J connectivity index is 2.20. The predicted molar refractivity (Wildman–Crippen MR) is 77.5 cm³/mol. The molecule has 0 amide bonds. The molecule has 0 aromatic heterocycles. The molecular formula is C16H22N2O2. The first-order valence-electron chi connectivity index (χ1n) is 7.20. The van der Waals surface area contributed by atoms with Crippen molar-refractivity contribution in [1.29, 1.82) is 5.26 Å². The van der Waals surface area contributed by atoms with Gasteiger partial charge < -0.3 is 9.84 Å². The number of methoxy groups -OCH3 is 1. The second-order valence-corrected chi connectivity index (χ2v) is 5.29. The van der Waals surface area contributed by atoms with Crippen molar-refractivity contribution in [1.82, 2.24) is 4.90 Å². The monoisotopic (exact) mass is 274 g/mol. The van der Waals surface area contributed by atoms with Crippen LogP contribution in [0.15, 0.2) is 18.2 Å². The molecule has 2 rings (SSSR count). The van der Waals surface area contributed by atoms with Crippen molar-refractivity contribution in [2.24, 2.45) is 0 Å². The van der Waals surface area contributed by atoms with Crippen molar-refractivity contribution in [3.05, 3.63) is 29.3 Å². The highest BCUT2D eigenvalue weighted by Gasteiger charge is 2.21. The van der Waals surface area contributed by atoms with Gasteiger partial charge in [0.05, 0.1) is 25.3 Å². The summed E-state index contributed by atoms with van der Waals surface area (Å²) in [6.07, 6.45) is 4.60. The van der Waals surface area contributed by atoms with Crippen LogP contribution in [0.2, 0.25) is 0 Å². The molecular weight excluding hydrogens is 252 g/mol. The highest BCUT2D eigenvalue weighted by atomic mass is 16.5. The molecule has 20 heavy (non-hydrogen) atoms. The van der Waals surface area contributed by atoms with Crippen molar-refractivity contribution in [3.63, 3.8) is 0 Å². The van der Waals surface area contributed by atoms with Gasteiger partial charge in [-0.1, -0.05) is 12.8 Å². The molecule has 1 aliphatic rings. The van der Waals surface area contributed by atoms with Crippen LogP contribution in [0, 0.1) is 11.3 Å². The molecule has 1 aromatic carbocycles. The summed E-state index contributed by atoms with van der Waals surface area (Å²) in [5.74, 6) is 0.810. The van der Waals surface area contributed by atoms with Gasteiger partial charge in [0.1, 0.15) is 5.75 Å². The fraction of sp³-hybridized carbons (Fsp3) is 0.562. The van der Waals surface area contributed by atoms with Gasteiger partial charge in [-0.3, -0.25) is 4.90 Å². The molecule has 0 aliphatic carbocycles. The van der Waals surface area contributed by atoms with Crippen LogP contribution in [-0.4, -0.2) is 36.3 Å². The third kappa shape index (κ3) is 3.50. The van der Waals surface area contributed by atoms with Crippen LogP contribution in [0.5, 0.6) is 5.75 Å². The van der Waals surface area contributed by atoms with E-state index in [9.17, 15) is 5.11 Å². The van der Waals surface area contributed by atoms with Crippen molar-refractivity contribution >= 4 is 0 Å². The first kappa shape index (κ1) is 14.8. The summed E-state index contributed by atoms with van der Waals surface area (Å²) < 4.78 is 5.39. The summed E-state index contributed by atoms with van der Waals surface area (Å²) in [5.41, 5.74) is 1.67. The van der Waals surface area contributed by atoms with Crippen molar-refractivity contribution in [3.8, 4) is 11.8 Å². The van der Waals surface area contributed by atoms with Crippen LogP contribution in [0.1, 0.15) is 36.8 Å². The van der Waals surface area contributed by atoms with Gasteiger partial charge in [0.15, 0.2) is 0 Å². The minimum atomic E-state index is 0.195. The molecule has 0 bridgehead atoms. The van der Waals surface area contributed by atoms with Gasteiger partial charge >= 0.3 is 0 Å². The standard InChI is InChI=1S/C16H22N2O2/c1-20-16-7-6-13(10-17)9-14(16)11-18-8-4-2-3-5-15(18)12-19/h6-7,9,15,19H,2-5,8,11-12H2,1H3. The number of benzene rings is 1. The van der Waals surface area contributed by atoms with E-state index < -0.39 is 0 Å². The molecule has 1 N–H and O–H groups in total. The summed E-state index contributed by atoms with van der Waals surface area (Å²) in [5, 5.41) is 18.6. The first-order chi connectivity index (χ1) is 9.78. The minimum Gasteiger partial charge on any atom is -0.496 e. The number of aliphatic hydroxyl groups excluding tert-OH is 1. The van der Waals surface area contributed by atoms with E-state index in [2.05, 4.69) is 11.0 Å². The van der Waals surface area contributed by atoms with Gasteiger partial charge in [-0.05, 0) is 37.6 Å². The van der Waals surface area contributed by atoms with E-state index in [1.165, 1.54) is 12.8 Å². The fourth-order valence-electron chi connectivity index (χ4n) is 2.84. The lowest BCUT2D eigenvalue weighted by Gasteiger charge is -2.29. The lowest BCUT2D eigenvalue weighted by Crippen LogP contribution is -2.37. The second-order valence-electron chi connectivity index (χ2n) is 5.29. The van der Waals surface area contributed by atoms with E-state index in [0.29, 0.717) is 5.56 Å². The Morgan fingerprint density at radius 1 is 1.40 bits per heavy atom. The predicted octanol–water partition coefficient (Wildman–Crippen LogP) is 2.30. The maximum Gasteiger partial charge on any atom is 0.123 e. The molecule has 1 aromatic rings. The van der Waals surface area contributed by atoms with Crippen LogP contribution < -0.4 is 4.74 Å². The lowest BCUT2D eigenvalue weighted by molar-refractivity contribution is 0.117. The molecule has 0 saturated carbocycles. The molecule has 1 atom stereocenters. The minimum absolute atomic E-state index is 0.195. The van der Waals surface area contributed by atoms with Crippen LogP contribution in [0.3, 0.4) is 0 Å². The summed E-state index contributed by atoms with van der Waals surface area (Å²) >= 11 is 0. The Labute approximate surface area is 120 Å². The molecule has 1 aliphatic heterocycles. The number of aliphatic hydroxyl groups is 1. The molecule has 1 unspecified atom stereocenters. The summed E-state index contributed by atoms with van der Waals surface area (Å²) in [4.78, 5) is 2.31. The Kier molecular flexibility index (Phi) is 5.40. The van der Waals surface area contributed by atoms with E-state index in [-0.39, 0.29) is 12.6 Å². The molecule has 0 radical (unpaired) electrons. The fourth-order valence-corrected chi connectivity index (χ4v) is 2.84. The third-order valence-corrected chi connectivity index (χ3v) is 3.99. The topological polar surface area (TPSA) is 56.5 Å². The van der Waals surface area contributed by atoms with Crippen molar-refractivity contribution in [2.45, 2.75) is 38.3 Å². The molecule has 4 nitrogen and oxygen atoms in total. The van der Waals surface area contributed by atoms with Crippen LogP contribution in [0.25, 0.3) is 0 Å². The Bertz CT molecular complexity index is 482. The van der Waals surface area contributed by atoms with E-state index >= 15 is 0 Å². The summed E-state index contributed by atoms with van der Waals surface area (Å²) in [6.45, 7) is 1.91. The third-order valence-electron chi connectivity index (χ3n) is 3.99. The number of nitriles is 1. The summed E-state index contributed by atoms with van der Waals surface area (Å²) in [6, 6.07) is 7.89. The average molecular weight is 274 g/mol. The zero-order valence-electron chi connectivity index (χ0n) is 12.0. The van der Waals surface area contributed by atoms with Gasteiger partial charge in [-0.15, -0.1) is 0 Å². The van der Waals surface area contributed by atoms with Gasteiger partial charge in [0.2, 0.25) is 0 Å². The lowest BCUT2D eigenvalue weighted by atomic mass is 10.1. The Morgan fingerprint density at radius 2 is 2.25 bits per heavy atom. The average Bonchev–Trinajstić information content (AvgIpc) is 2.72. The smallest absolute Gasteiger partial charge is 0.123 e. The summed E-state index contributed by atoms with van der Waals surface area (Å²) in [7, 11) is 1.65. The van der Waals surface area contributed by atoms with Gasteiger partial charge in [0, 0.05) is 18.2 Å². The number of hydrogen-bond donors (Lipinski definition) is 1. The van der Waals surface area contributed by atoms with Gasteiger partial charge in [0.25, 0.3) is 0 Å². The zero-order chi connectivity index (χ0) is 14.4. The largest absolute Gasteiger partial charge is 0.496 e. The van der Waals surface area contributed by atoms with E-state index in [1.807, 2.05) is 12.1 Å². The maximum absolute atomic E-state index is 9.57. The quantitative estimate of drug-likeness (QED) is 0.915. The molecule has 4 heteroatoms. The zero-order valence-corrected chi connectivity index (χ0v) is 12.0. The Morgan fingerprint density at radius 3 is 2.95 bits per heavy atom. The normalized spacial score (nSPS) is 20.1. The number of hydrogen-bond acceptors (Lipinski definition) is 4. The van der Waals surface area contributed by atoms with Crippen molar-refractivity contribution in [2.75, 3.05) is 20.3 Å². The number of likely N-dealkylation sites (tertiary alicyclic amines) is 1. The molecule has 1 fully saturated rings. The van der Waals surface area contributed by atoms with Gasteiger partial charge in [-0.25, -0.2) is 0 Å². The maximum atomic E-state index is 9.57. The van der Waals surface area contributed by atoms with E-state index in [1.54, 1.807) is 13.2 Å². The second kappa shape index (κ2) is 7.28.